The predicted molar refractivity (Wildman–Crippen MR) is 191 cm³/mol. The van der Waals surface area contributed by atoms with Gasteiger partial charge < -0.3 is 40.3 Å². The third kappa shape index (κ3) is 21.2. The molecule has 1 heterocycles. The van der Waals surface area contributed by atoms with E-state index < -0.39 is 78.5 Å². The zero-order valence-electron chi connectivity index (χ0n) is 30.3. The number of rotatable bonds is 30. The molecular weight excluding hydrogens is 670 g/mol. The first-order chi connectivity index (χ1) is 23.9. The average molecular weight is 738 g/mol. The van der Waals surface area contributed by atoms with Crippen molar-refractivity contribution < 1.29 is 57.0 Å². The highest BCUT2D eigenvalue weighted by molar-refractivity contribution is 7.80. The fraction of sp³-hybridized carbons (Fsp3) is 0.861. The maximum Gasteiger partial charge on any atom is 0.397 e. The number of carbonyl (C=O) groups excluding carboxylic acids is 1. The maximum atomic E-state index is 12.9. The van der Waals surface area contributed by atoms with Crippen LogP contribution in [0.3, 0.4) is 0 Å². The number of unbranched alkanes of at least 4 members (excludes halogenated alkanes) is 15. The Morgan fingerprint density at radius 2 is 1.32 bits per heavy atom. The summed E-state index contributed by atoms with van der Waals surface area (Å²) in [5, 5.41) is 54.6. The number of aliphatic hydroxyl groups excluding tert-OH is 5. The number of ether oxygens (including phenoxy) is 2. The first-order valence-corrected chi connectivity index (χ1v) is 20.2. The lowest BCUT2D eigenvalue weighted by atomic mass is 9.99. The van der Waals surface area contributed by atoms with E-state index in [0.29, 0.717) is 12.8 Å². The van der Waals surface area contributed by atoms with Gasteiger partial charge in [0.1, 0.15) is 30.5 Å². The normalized spacial score (nSPS) is 23.4. The zero-order chi connectivity index (χ0) is 37.2. The third-order valence-corrected chi connectivity index (χ3v) is 9.31. The van der Waals surface area contributed by atoms with Gasteiger partial charge in [0.15, 0.2) is 6.29 Å². The monoisotopic (exact) mass is 737 g/mol. The van der Waals surface area contributed by atoms with Crippen LogP contribution in [0.15, 0.2) is 24.3 Å². The van der Waals surface area contributed by atoms with Crippen molar-refractivity contribution in [2.24, 2.45) is 0 Å². The molecule has 0 bridgehead atoms. The summed E-state index contributed by atoms with van der Waals surface area (Å²) in [6.45, 7) is 3.09. The van der Waals surface area contributed by atoms with Gasteiger partial charge in [0.2, 0.25) is 5.91 Å². The van der Waals surface area contributed by atoms with E-state index in [0.717, 1.165) is 44.9 Å². The van der Waals surface area contributed by atoms with E-state index in [9.17, 15) is 38.7 Å². The highest BCUT2D eigenvalue weighted by Crippen LogP contribution is 2.26. The Hall–Kier alpha value is -1.46. The van der Waals surface area contributed by atoms with E-state index in [1.165, 1.54) is 63.9 Å². The Balaban J connectivity index is 2.76. The summed E-state index contributed by atoms with van der Waals surface area (Å²) in [5.74, 6) is -0.742. The molecule has 1 amide bonds. The Bertz CT molecular complexity index is 1030. The van der Waals surface area contributed by atoms with E-state index in [1.807, 2.05) is 12.2 Å². The predicted octanol–water partition coefficient (Wildman–Crippen LogP) is 4.40. The number of aliphatic hydroxyl groups is 5. The SMILES string of the molecule is CCCCCC/C=C\CCC(O)C(=O)NC(COC1OC(CO)C(O)C(OS(=O)(=O)O)C1O)C(O)/C=C/CCCCCCCCCCCCC. The zero-order valence-corrected chi connectivity index (χ0v) is 31.1. The lowest BCUT2D eigenvalue weighted by Crippen LogP contribution is -2.61. The molecule has 0 radical (unpaired) electrons. The van der Waals surface area contributed by atoms with Gasteiger partial charge in [-0.1, -0.05) is 122 Å². The van der Waals surface area contributed by atoms with Gasteiger partial charge in [-0.3, -0.25) is 9.35 Å². The number of allylic oxidation sites excluding steroid dienone is 3. The molecule has 0 saturated carbocycles. The van der Waals surface area contributed by atoms with Gasteiger partial charge in [0.05, 0.1) is 25.4 Å². The summed E-state index contributed by atoms with van der Waals surface area (Å²) in [4.78, 5) is 12.9. The van der Waals surface area contributed by atoms with Crippen LogP contribution in [0.2, 0.25) is 0 Å². The molecule has 294 valence electrons. The van der Waals surface area contributed by atoms with Crippen LogP contribution in [-0.4, -0.2) is 107 Å². The molecule has 7 N–H and O–H groups in total. The highest BCUT2D eigenvalue weighted by Gasteiger charge is 2.48. The van der Waals surface area contributed by atoms with Gasteiger partial charge in [-0.05, 0) is 38.5 Å². The van der Waals surface area contributed by atoms with E-state index in [-0.39, 0.29) is 6.42 Å². The summed E-state index contributed by atoms with van der Waals surface area (Å²) < 4.78 is 47.1. The molecule has 14 heteroatoms. The Morgan fingerprint density at radius 3 is 1.88 bits per heavy atom. The van der Waals surface area contributed by atoms with E-state index in [2.05, 4.69) is 23.3 Å². The molecule has 1 fully saturated rings. The summed E-state index contributed by atoms with van der Waals surface area (Å²) in [6, 6.07) is -1.13. The smallest absolute Gasteiger partial charge is 0.394 e. The summed E-state index contributed by atoms with van der Waals surface area (Å²) in [6.07, 6.45) is 16.0. The van der Waals surface area contributed by atoms with Gasteiger partial charge in [0, 0.05) is 0 Å². The molecule has 1 saturated heterocycles. The number of amides is 1. The summed E-state index contributed by atoms with van der Waals surface area (Å²) in [7, 11) is -5.11. The van der Waals surface area contributed by atoms with Crippen LogP contribution in [0.1, 0.15) is 136 Å². The average Bonchev–Trinajstić information content (AvgIpc) is 3.08. The van der Waals surface area contributed by atoms with E-state index in [1.54, 1.807) is 6.08 Å². The highest BCUT2D eigenvalue weighted by atomic mass is 32.3. The number of hydrogen-bond acceptors (Lipinski definition) is 11. The van der Waals surface area contributed by atoms with Crippen LogP contribution in [-0.2, 0) is 28.9 Å². The van der Waals surface area contributed by atoms with Gasteiger partial charge >= 0.3 is 10.4 Å². The van der Waals surface area contributed by atoms with Crippen LogP contribution in [0.25, 0.3) is 0 Å². The molecule has 8 unspecified atom stereocenters. The van der Waals surface area contributed by atoms with Crippen molar-refractivity contribution in [3.8, 4) is 0 Å². The molecule has 1 rings (SSSR count). The molecule has 0 aromatic heterocycles. The van der Waals surface area contributed by atoms with Crippen molar-refractivity contribution in [1.82, 2.24) is 5.32 Å². The Kier molecular flexibility index (Phi) is 26.2. The maximum absolute atomic E-state index is 12.9. The van der Waals surface area contributed by atoms with E-state index in [4.69, 9.17) is 14.0 Å². The molecule has 0 spiro atoms. The third-order valence-electron chi connectivity index (χ3n) is 8.84. The van der Waals surface area contributed by atoms with Crippen molar-refractivity contribution in [3.63, 3.8) is 0 Å². The van der Waals surface area contributed by atoms with Crippen LogP contribution in [0.5, 0.6) is 0 Å². The standard InChI is InChI=1S/C36H67NO12S/c1-3-5-7-9-11-13-14-15-16-17-19-20-22-24-29(39)28(37-35(43)30(40)25-23-21-18-12-10-8-6-4-2)27-47-36-33(42)34(49-50(44,45)46)32(41)31(26-38)48-36/h18,21-22,24,28-34,36,38-42H,3-17,19-20,23,25-27H2,1-2H3,(H,37,43)(H,44,45,46)/b21-18-,24-22+. The first kappa shape index (κ1) is 46.6. The van der Waals surface area contributed by atoms with Crippen LogP contribution < -0.4 is 5.32 Å². The summed E-state index contributed by atoms with van der Waals surface area (Å²) in [5.41, 5.74) is 0. The fourth-order valence-electron chi connectivity index (χ4n) is 5.75. The van der Waals surface area contributed by atoms with Crippen LogP contribution in [0.4, 0.5) is 0 Å². The molecule has 50 heavy (non-hydrogen) atoms. The van der Waals surface area contributed by atoms with E-state index >= 15 is 0 Å². The second-order valence-electron chi connectivity index (χ2n) is 13.3. The van der Waals surface area contributed by atoms with Crippen LogP contribution in [0, 0.1) is 0 Å². The molecule has 1 aliphatic rings. The number of carbonyl (C=O) groups is 1. The second-order valence-corrected chi connectivity index (χ2v) is 14.3. The Labute approximate surface area is 300 Å². The fourth-order valence-corrected chi connectivity index (χ4v) is 6.26. The minimum absolute atomic E-state index is 0.158. The molecule has 13 nitrogen and oxygen atoms in total. The lowest BCUT2D eigenvalue weighted by Gasteiger charge is -2.41. The van der Waals surface area contributed by atoms with Gasteiger partial charge in [-0.25, -0.2) is 4.18 Å². The topological polar surface area (TPSA) is 212 Å². The molecule has 8 atom stereocenters. The van der Waals surface area contributed by atoms with Crippen molar-refractivity contribution in [3.05, 3.63) is 24.3 Å². The number of nitrogens with one attached hydrogen (secondary N) is 1. The molecule has 0 aromatic carbocycles. The molecular formula is C36H67NO12S. The van der Waals surface area contributed by atoms with Crippen molar-refractivity contribution in [2.75, 3.05) is 13.2 Å². The van der Waals surface area contributed by atoms with Gasteiger partial charge in [-0.2, -0.15) is 8.42 Å². The summed E-state index contributed by atoms with van der Waals surface area (Å²) >= 11 is 0. The largest absolute Gasteiger partial charge is 0.397 e. The minimum atomic E-state index is -5.11. The van der Waals surface area contributed by atoms with Crippen LogP contribution >= 0.6 is 0 Å². The Morgan fingerprint density at radius 1 is 0.800 bits per heavy atom. The van der Waals surface area contributed by atoms with Crippen molar-refractivity contribution in [2.45, 2.75) is 185 Å². The number of hydrogen-bond donors (Lipinski definition) is 7. The van der Waals surface area contributed by atoms with Gasteiger partial charge in [-0.15, -0.1) is 0 Å². The lowest BCUT2D eigenvalue weighted by molar-refractivity contribution is -0.298. The molecule has 1 aliphatic heterocycles. The van der Waals surface area contributed by atoms with Crippen molar-refractivity contribution >= 4 is 16.3 Å². The molecule has 0 aromatic rings. The second kappa shape index (κ2) is 28.1. The molecule has 0 aliphatic carbocycles. The van der Waals surface area contributed by atoms with Crippen molar-refractivity contribution in [1.29, 1.82) is 0 Å². The minimum Gasteiger partial charge on any atom is -0.394 e. The quantitative estimate of drug-likeness (QED) is 0.0311. The van der Waals surface area contributed by atoms with Gasteiger partial charge in [0.25, 0.3) is 0 Å². The first-order valence-electron chi connectivity index (χ1n) is 18.8.